The molecule has 0 unspecified atom stereocenters. The first kappa shape index (κ1) is 19.9. The van der Waals surface area contributed by atoms with Crippen LogP contribution < -0.4 is 5.32 Å². The van der Waals surface area contributed by atoms with Crippen LogP contribution in [0.4, 0.5) is 0 Å². The van der Waals surface area contributed by atoms with Gasteiger partial charge in [-0.25, -0.2) is 9.97 Å². The molecule has 7 nitrogen and oxygen atoms in total. The van der Waals surface area contributed by atoms with Crippen molar-refractivity contribution < 1.29 is 9.63 Å². The number of aromatic nitrogens is 2. The van der Waals surface area contributed by atoms with Crippen LogP contribution in [0.2, 0.25) is 0 Å². The fraction of sp³-hybridized carbons (Fsp3) is 0.333. The Kier molecular flexibility index (Phi) is 6.23. The number of hydrogen-bond donors (Lipinski definition) is 1. The highest BCUT2D eigenvalue weighted by atomic mass is 79.9. The predicted octanol–water partition coefficient (Wildman–Crippen LogP) is 2.82. The van der Waals surface area contributed by atoms with E-state index in [-0.39, 0.29) is 5.91 Å². The van der Waals surface area contributed by atoms with Gasteiger partial charge in [-0.15, -0.1) is 0 Å². The van der Waals surface area contributed by atoms with Crippen LogP contribution in [0.1, 0.15) is 18.2 Å². The summed E-state index contributed by atoms with van der Waals surface area (Å²) in [5, 5.41) is 7.10. The molecule has 0 aliphatic heterocycles. The Morgan fingerprint density at radius 2 is 2.11 bits per heavy atom. The number of likely N-dealkylation sites (N-methyl/N-ethyl adjacent to an activating group) is 1. The van der Waals surface area contributed by atoms with Gasteiger partial charge < -0.3 is 15.1 Å². The summed E-state index contributed by atoms with van der Waals surface area (Å²) in [6.45, 7) is 2.98. The minimum atomic E-state index is -0.719. The van der Waals surface area contributed by atoms with Crippen LogP contribution in [-0.2, 0) is 9.63 Å². The molecule has 1 aromatic carbocycles. The third-order valence-corrected chi connectivity index (χ3v) is 5.13. The number of oxime groups is 1. The number of rotatable bonds is 6. The molecule has 3 rings (SSSR count). The van der Waals surface area contributed by atoms with E-state index < -0.39 is 6.10 Å². The van der Waals surface area contributed by atoms with Crippen molar-refractivity contribution in [2.45, 2.75) is 13.0 Å². The molecule has 0 radical (unpaired) electrons. The van der Waals surface area contributed by atoms with Gasteiger partial charge in [0.2, 0.25) is 6.10 Å². The molecule has 0 spiro atoms. The highest BCUT2D eigenvalue weighted by Crippen LogP contribution is 2.41. The normalized spacial score (nSPS) is 14.8. The zero-order valence-corrected chi connectivity index (χ0v) is 18.3. The van der Waals surface area contributed by atoms with Gasteiger partial charge in [0.15, 0.2) is 0 Å². The summed E-state index contributed by atoms with van der Waals surface area (Å²) in [5.41, 5.74) is 3.96. The molecule has 0 saturated carbocycles. The van der Waals surface area contributed by atoms with Crippen LogP contribution in [-0.4, -0.2) is 59.8 Å². The zero-order valence-electron chi connectivity index (χ0n) is 15.2. The number of carbonyl (C=O) groups excluding carboxylic acids is 1. The number of nitrogens with one attached hydrogen (secondary N) is 1. The standard InChI is InChI=1S/C18H19Br2N5O2/c1-10(18(26)22-4-5-25(2)3)27-24-17-15-12(6-11(19)7-14(15)20)13-8-21-9-23-16(13)17/h6-10H,4-5H2,1-3H3,(H,22,26)/b24-17-/t10-/m0/s1. The minimum absolute atomic E-state index is 0.211. The van der Waals surface area contributed by atoms with E-state index in [2.05, 4.69) is 52.3 Å². The van der Waals surface area contributed by atoms with Crippen molar-refractivity contribution in [3.05, 3.63) is 44.9 Å². The second-order valence-electron chi connectivity index (χ2n) is 6.38. The zero-order chi connectivity index (χ0) is 19.6. The van der Waals surface area contributed by atoms with E-state index in [1.807, 2.05) is 31.1 Å². The first-order chi connectivity index (χ1) is 12.9. The molecule has 0 fully saturated rings. The summed E-state index contributed by atoms with van der Waals surface area (Å²) in [7, 11) is 3.90. The second kappa shape index (κ2) is 8.45. The van der Waals surface area contributed by atoms with Crippen LogP contribution in [0.25, 0.3) is 11.1 Å². The molecular weight excluding hydrogens is 478 g/mol. The SMILES string of the molecule is C[C@H](O/N=C1\c2ncncc2-c2cc(Br)cc(Br)c21)C(=O)NCCN(C)C. The Bertz CT molecular complexity index is 901. The van der Waals surface area contributed by atoms with Gasteiger partial charge in [0, 0.05) is 39.4 Å². The molecule has 1 heterocycles. The van der Waals surface area contributed by atoms with Gasteiger partial charge in [0.05, 0.1) is 0 Å². The van der Waals surface area contributed by atoms with Gasteiger partial charge in [0.25, 0.3) is 5.91 Å². The lowest BCUT2D eigenvalue weighted by Crippen LogP contribution is -2.37. The maximum atomic E-state index is 12.2. The quantitative estimate of drug-likeness (QED) is 0.531. The van der Waals surface area contributed by atoms with Gasteiger partial charge in [-0.05, 0) is 38.7 Å². The van der Waals surface area contributed by atoms with Gasteiger partial charge in [-0.1, -0.05) is 37.0 Å². The summed E-state index contributed by atoms with van der Waals surface area (Å²) < 4.78 is 1.79. The second-order valence-corrected chi connectivity index (χ2v) is 8.15. The molecular formula is C18H19Br2N5O2. The van der Waals surface area contributed by atoms with Crippen molar-refractivity contribution >= 4 is 43.5 Å². The molecule has 1 N–H and O–H groups in total. The lowest BCUT2D eigenvalue weighted by atomic mass is 10.1. The topological polar surface area (TPSA) is 79.7 Å². The number of carbonyl (C=O) groups is 1. The molecule has 0 bridgehead atoms. The monoisotopic (exact) mass is 495 g/mol. The van der Waals surface area contributed by atoms with Gasteiger partial charge in [0.1, 0.15) is 17.7 Å². The number of benzene rings is 1. The Hall–Kier alpha value is -1.84. The first-order valence-corrected chi connectivity index (χ1v) is 9.93. The number of nitrogens with zero attached hydrogens (tertiary/aromatic N) is 4. The molecule has 1 amide bonds. The molecule has 9 heteroatoms. The molecule has 1 aliphatic carbocycles. The molecule has 1 aliphatic rings. The maximum Gasteiger partial charge on any atom is 0.263 e. The van der Waals surface area contributed by atoms with Crippen molar-refractivity contribution in [2.24, 2.45) is 5.16 Å². The molecule has 1 atom stereocenters. The van der Waals surface area contributed by atoms with Crippen LogP contribution in [0.5, 0.6) is 0 Å². The lowest BCUT2D eigenvalue weighted by Gasteiger charge is -2.13. The summed E-state index contributed by atoms with van der Waals surface area (Å²) in [6.07, 6.45) is 2.50. The van der Waals surface area contributed by atoms with Gasteiger partial charge in [-0.3, -0.25) is 4.79 Å². The van der Waals surface area contributed by atoms with Crippen molar-refractivity contribution in [2.75, 3.05) is 27.2 Å². The van der Waals surface area contributed by atoms with E-state index in [1.54, 1.807) is 13.1 Å². The number of fused-ring (bicyclic) bond motifs is 3. The number of amides is 1. The first-order valence-electron chi connectivity index (χ1n) is 8.35. The van der Waals surface area contributed by atoms with E-state index in [0.717, 1.165) is 32.2 Å². The summed E-state index contributed by atoms with van der Waals surface area (Å²) in [4.78, 5) is 28.1. The van der Waals surface area contributed by atoms with Crippen LogP contribution >= 0.6 is 31.9 Å². The molecule has 0 saturated heterocycles. The van der Waals surface area contributed by atoms with Crippen molar-refractivity contribution in [1.29, 1.82) is 0 Å². The van der Waals surface area contributed by atoms with Gasteiger partial charge in [-0.2, -0.15) is 0 Å². The summed E-state index contributed by atoms with van der Waals surface area (Å²) in [6, 6.07) is 3.92. The lowest BCUT2D eigenvalue weighted by molar-refractivity contribution is -0.131. The fourth-order valence-corrected chi connectivity index (χ4v) is 4.09. The van der Waals surface area contributed by atoms with Gasteiger partial charge >= 0.3 is 0 Å². The summed E-state index contributed by atoms with van der Waals surface area (Å²) >= 11 is 7.09. The van der Waals surface area contributed by atoms with Crippen molar-refractivity contribution in [3.8, 4) is 11.1 Å². The minimum Gasteiger partial charge on any atom is -0.382 e. The van der Waals surface area contributed by atoms with E-state index in [1.165, 1.54) is 6.33 Å². The van der Waals surface area contributed by atoms with E-state index in [4.69, 9.17) is 4.84 Å². The maximum absolute atomic E-state index is 12.2. The predicted molar refractivity (Wildman–Crippen MR) is 111 cm³/mol. The Balaban J connectivity index is 1.83. The largest absolute Gasteiger partial charge is 0.382 e. The molecule has 27 heavy (non-hydrogen) atoms. The average Bonchev–Trinajstić information content (AvgIpc) is 2.93. The molecule has 2 aromatic rings. The Morgan fingerprint density at radius 3 is 2.85 bits per heavy atom. The number of hydrogen-bond acceptors (Lipinski definition) is 6. The number of halogens is 2. The van der Waals surface area contributed by atoms with Crippen LogP contribution in [0, 0.1) is 0 Å². The highest BCUT2D eigenvalue weighted by molar-refractivity contribution is 9.11. The molecule has 142 valence electrons. The van der Waals surface area contributed by atoms with Crippen LogP contribution in [0.3, 0.4) is 0 Å². The summed E-state index contributed by atoms with van der Waals surface area (Å²) in [5.74, 6) is -0.211. The smallest absolute Gasteiger partial charge is 0.263 e. The third kappa shape index (κ3) is 4.36. The Morgan fingerprint density at radius 1 is 1.33 bits per heavy atom. The fourth-order valence-electron chi connectivity index (χ4n) is 2.68. The average molecular weight is 497 g/mol. The highest BCUT2D eigenvalue weighted by Gasteiger charge is 2.30. The molecule has 1 aromatic heterocycles. The van der Waals surface area contributed by atoms with Crippen molar-refractivity contribution in [3.63, 3.8) is 0 Å². The third-order valence-electron chi connectivity index (χ3n) is 4.05. The van der Waals surface area contributed by atoms with E-state index in [0.29, 0.717) is 18.0 Å². The van der Waals surface area contributed by atoms with E-state index >= 15 is 0 Å². The Labute approximate surface area is 174 Å². The van der Waals surface area contributed by atoms with E-state index in [9.17, 15) is 4.79 Å². The van der Waals surface area contributed by atoms with Crippen LogP contribution in [0.15, 0.2) is 38.8 Å². The van der Waals surface area contributed by atoms with Crippen molar-refractivity contribution in [1.82, 2.24) is 20.2 Å².